The number of pyridine rings is 1. The lowest BCUT2D eigenvalue weighted by Gasteiger charge is -2.22. The second kappa shape index (κ2) is 11.7. The minimum Gasteiger partial charge on any atom is -0.392 e. The van der Waals surface area contributed by atoms with Crippen LogP contribution in [0.1, 0.15) is 25.3 Å². The van der Waals surface area contributed by atoms with Crippen LogP contribution in [-0.2, 0) is 24.9 Å². The first kappa shape index (κ1) is 19.3. The lowest BCUT2D eigenvalue weighted by atomic mass is 10.3. The summed E-state index contributed by atoms with van der Waals surface area (Å²) in [5.41, 5.74) is 1.06. The number of unbranched alkanes of at least 4 members (excludes halogenated alkanes) is 1. The minimum absolute atomic E-state index is 0.541. The van der Waals surface area contributed by atoms with Gasteiger partial charge in [-0.2, -0.15) is 0 Å². The van der Waals surface area contributed by atoms with Gasteiger partial charge in [-0.05, 0) is 31.1 Å². The zero-order valence-corrected chi connectivity index (χ0v) is 15.0. The Bertz CT molecular complexity index is 376. The number of ether oxygens (including phenoxy) is 2. The lowest BCUT2D eigenvalue weighted by molar-refractivity contribution is 0.0295. The van der Waals surface area contributed by atoms with Crippen LogP contribution in [0.2, 0.25) is 13.1 Å². The molecule has 5 nitrogen and oxygen atoms in total. The molecular weight excluding hydrogens is 298 g/mol. The fourth-order valence-corrected chi connectivity index (χ4v) is 2.87. The van der Waals surface area contributed by atoms with Crippen molar-refractivity contribution in [2.45, 2.75) is 39.5 Å². The second-order valence-corrected chi connectivity index (χ2v) is 8.85. The van der Waals surface area contributed by atoms with E-state index in [4.69, 9.17) is 18.3 Å². The minimum atomic E-state index is -2.11. The first-order chi connectivity index (χ1) is 10.6. The maximum atomic E-state index is 5.88. The molecule has 0 radical (unpaired) electrons. The van der Waals surface area contributed by atoms with Gasteiger partial charge in [0.05, 0.1) is 33.0 Å². The van der Waals surface area contributed by atoms with E-state index in [-0.39, 0.29) is 0 Å². The van der Waals surface area contributed by atoms with Gasteiger partial charge < -0.3 is 18.3 Å². The van der Waals surface area contributed by atoms with Gasteiger partial charge in [0.15, 0.2) is 0 Å². The summed E-state index contributed by atoms with van der Waals surface area (Å²) in [7, 11) is -2.11. The van der Waals surface area contributed by atoms with Gasteiger partial charge in [-0.15, -0.1) is 0 Å². The molecule has 0 saturated heterocycles. The van der Waals surface area contributed by atoms with E-state index in [2.05, 4.69) is 11.9 Å². The maximum absolute atomic E-state index is 5.88. The molecule has 0 unspecified atom stereocenters. The van der Waals surface area contributed by atoms with Crippen LogP contribution in [0.5, 0.6) is 0 Å². The molecule has 0 amide bonds. The molecule has 0 atom stereocenters. The van der Waals surface area contributed by atoms with E-state index in [0.29, 0.717) is 33.0 Å². The Kier molecular flexibility index (Phi) is 10.3. The molecule has 1 rings (SSSR count). The van der Waals surface area contributed by atoms with Crippen LogP contribution in [0, 0.1) is 0 Å². The molecule has 0 bridgehead atoms. The molecule has 6 heteroatoms. The van der Waals surface area contributed by atoms with E-state index in [1.165, 1.54) is 0 Å². The standard InChI is InChI=1S/C16H29NO4Si/c1-4-5-9-18-10-11-19-12-13-20-22(2,3)21-15-16-7-6-8-17-14-16/h6-8,14H,4-5,9-13,15H2,1-3H3. The normalized spacial score (nSPS) is 11.8. The van der Waals surface area contributed by atoms with Crippen LogP contribution >= 0.6 is 0 Å². The quantitative estimate of drug-likeness (QED) is 0.411. The molecule has 0 saturated carbocycles. The van der Waals surface area contributed by atoms with Gasteiger partial charge in [0.2, 0.25) is 0 Å². The van der Waals surface area contributed by atoms with Crippen LogP contribution in [0.25, 0.3) is 0 Å². The molecule has 0 N–H and O–H groups in total. The van der Waals surface area contributed by atoms with Crippen molar-refractivity contribution in [2.75, 3.05) is 33.0 Å². The van der Waals surface area contributed by atoms with Gasteiger partial charge in [-0.1, -0.05) is 19.4 Å². The van der Waals surface area contributed by atoms with E-state index in [1.54, 1.807) is 6.20 Å². The first-order valence-corrected chi connectivity index (χ1v) is 10.8. The Morgan fingerprint density at radius 2 is 1.73 bits per heavy atom. The number of rotatable bonds is 13. The SMILES string of the molecule is CCCCOCCOCCO[Si](C)(C)OCc1cccnc1. The summed E-state index contributed by atoms with van der Waals surface area (Å²) in [6.07, 6.45) is 5.84. The summed E-state index contributed by atoms with van der Waals surface area (Å²) in [5.74, 6) is 0. The van der Waals surface area contributed by atoms with Crippen molar-refractivity contribution in [3.05, 3.63) is 30.1 Å². The Hall–Kier alpha value is -0.793. The molecule has 22 heavy (non-hydrogen) atoms. The Labute approximate surface area is 135 Å². The molecule has 0 aliphatic heterocycles. The molecule has 0 spiro atoms. The zero-order valence-electron chi connectivity index (χ0n) is 14.0. The largest absolute Gasteiger partial charge is 0.392 e. The van der Waals surface area contributed by atoms with E-state index in [1.807, 2.05) is 31.4 Å². The number of nitrogens with zero attached hydrogens (tertiary/aromatic N) is 1. The van der Waals surface area contributed by atoms with E-state index in [0.717, 1.165) is 25.0 Å². The van der Waals surface area contributed by atoms with Gasteiger partial charge in [-0.25, -0.2) is 0 Å². The number of aromatic nitrogens is 1. The number of hydrogen-bond acceptors (Lipinski definition) is 5. The summed E-state index contributed by atoms with van der Waals surface area (Å²) in [6.45, 7) is 9.99. The van der Waals surface area contributed by atoms with Crippen molar-refractivity contribution < 1.29 is 18.3 Å². The molecule has 0 aromatic carbocycles. The molecule has 126 valence electrons. The molecular formula is C16H29NO4Si. The van der Waals surface area contributed by atoms with E-state index in [9.17, 15) is 0 Å². The monoisotopic (exact) mass is 327 g/mol. The van der Waals surface area contributed by atoms with E-state index < -0.39 is 8.56 Å². The van der Waals surface area contributed by atoms with Crippen molar-refractivity contribution >= 4 is 8.56 Å². The highest BCUT2D eigenvalue weighted by Gasteiger charge is 2.24. The summed E-state index contributed by atoms with van der Waals surface area (Å²) in [5, 5.41) is 0. The van der Waals surface area contributed by atoms with Gasteiger partial charge in [0.1, 0.15) is 0 Å². The van der Waals surface area contributed by atoms with Crippen molar-refractivity contribution in [1.29, 1.82) is 0 Å². The highest BCUT2D eigenvalue weighted by Crippen LogP contribution is 2.10. The second-order valence-electron chi connectivity index (χ2n) is 5.48. The van der Waals surface area contributed by atoms with Crippen molar-refractivity contribution in [3.63, 3.8) is 0 Å². The lowest BCUT2D eigenvalue weighted by Crippen LogP contribution is -2.35. The predicted molar refractivity (Wildman–Crippen MR) is 89.0 cm³/mol. The predicted octanol–water partition coefficient (Wildman–Crippen LogP) is 3.15. The van der Waals surface area contributed by atoms with Gasteiger partial charge in [-0.3, -0.25) is 4.98 Å². The van der Waals surface area contributed by atoms with Crippen LogP contribution in [-0.4, -0.2) is 46.6 Å². The highest BCUT2D eigenvalue weighted by molar-refractivity contribution is 6.64. The molecule has 0 aliphatic rings. The molecule has 0 fully saturated rings. The van der Waals surface area contributed by atoms with Crippen molar-refractivity contribution in [2.24, 2.45) is 0 Å². The third-order valence-corrected chi connectivity index (χ3v) is 4.74. The zero-order chi connectivity index (χ0) is 16.1. The highest BCUT2D eigenvalue weighted by atomic mass is 28.4. The first-order valence-electron chi connectivity index (χ1n) is 7.96. The third-order valence-electron chi connectivity index (χ3n) is 3.00. The number of hydrogen-bond donors (Lipinski definition) is 0. The Balaban J connectivity index is 2.00. The maximum Gasteiger partial charge on any atom is 0.332 e. The molecule has 1 heterocycles. The van der Waals surface area contributed by atoms with E-state index >= 15 is 0 Å². The summed E-state index contributed by atoms with van der Waals surface area (Å²) in [6, 6.07) is 3.91. The van der Waals surface area contributed by atoms with Gasteiger partial charge >= 0.3 is 8.56 Å². The van der Waals surface area contributed by atoms with Crippen molar-refractivity contribution in [3.8, 4) is 0 Å². The van der Waals surface area contributed by atoms with Crippen LogP contribution in [0.15, 0.2) is 24.5 Å². The topological polar surface area (TPSA) is 49.8 Å². The van der Waals surface area contributed by atoms with Gasteiger partial charge in [0.25, 0.3) is 0 Å². The van der Waals surface area contributed by atoms with Crippen LogP contribution in [0.3, 0.4) is 0 Å². The third kappa shape index (κ3) is 10.0. The Morgan fingerprint density at radius 1 is 1.00 bits per heavy atom. The summed E-state index contributed by atoms with van der Waals surface area (Å²) >= 11 is 0. The fraction of sp³-hybridized carbons (Fsp3) is 0.688. The fourth-order valence-electron chi connectivity index (χ4n) is 1.70. The smallest absolute Gasteiger partial charge is 0.332 e. The molecule has 1 aromatic heterocycles. The van der Waals surface area contributed by atoms with Gasteiger partial charge in [0, 0.05) is 19.0 Å². The van der Waals surface area contributed by atoms with Crippen LogP contribution in [0.4, 0.5) is 0 Å². The Morgan fingerprint density at radius 3 is 2.41 bits per heavy atom. The summed E-state index contributed by atoms with van der Waals surface area (Å²) in [4.78, 5) is 4.07. The molecule has 1 aromatic rings. The van der Waals surface area contributed by atoms with Crippen molar-refractivity contribution in [1.82, 2.24) is 4.98 Å². The van der Waals surface area contributed by atoms with Crippen LogP contribution < -0.4 is 0 Å². The average Bonchev–Trinajstić information content (AvgIpc) is 2.52. The summed E-state index contributed by atoms with van der Waals surface area (Å²) < 4.78 is 22.6. The molecule has 0 aliphatic carbocycles. The average molecular weight is 327 g/mol.